The number of rotatable bonds is 2. The lowest BCUT2D eigenvalue weighted by Crippen LogP contribution is -2.04. The van der Waals surface area contributed by atoms with Crippen LogP contribution in [0.25, 0.3) is 0 Å². The van der Waals surface area contributed by atoms with Crippen molar-refractivity contribution in [2.24, 2.45) is 0 Å². The summed E-state index contributed by atoms with van der Waals surface area (Å²) in [6, 6.07) is 0. The van der Waals surface area contributed by atoms with Crippen molar-refractivity contribution in [1.82, 2.24) is 9.97 Å². The summed E-state index contributed by atoms with van der Waals surface area (Å²) in [5, 5.41) is 0. The first-order chi connectivity index (χ1) is 5.69. The summed E-state index contributed by atoms with van der Waals surface area (Å²) in [6.07, 6.45) is 0. The van der Waals surface area contributed by atoms with Crippen molar-refractivity contribution in [1.29, 1.82) is 0 Å². The topological polar surface area (TPSA) is 96.3 Å². The number of aromatic nitrogens is 2. The molecule has 0 radical (unpaired) electrons. The van der Waals surface area contributed by atoms with Crippen molar-refractivity contribution < 1.29 is 9.47 Å². The van der Waals surface area contributed by atoms with Crippen LogP contribution in [0.5, 0.6) is 11.8 Å². The Morgan fingerprint density at radius 3 is 1.69 bits per heavy atom. The highest BCUT2D eigenvalue weighted by Crippen LogP contribution is 2.27. The Bertz CT molecular complexity index is 269. The number of anilines is 2. The Kier molecular flexibility index (Phi) is 4.06. The van der Waals surface area contributed by atoms with Crippen LogP contribution in [-0.4, -0.2) is 24.2 Å². The Morgan fingerprint density at radius 2 is 1.38 bits per heavy atom. The van der Waals surface area contributed by atoms with Crippen LogP contribution >= 0.6 is 12.4 Å². The first kappa shape index (κ1) is 11.6. The maximum atomic E-state index is 5.54. The Morgan fingerprint density at radius 1 is 1.00 bits per heavy atom. The molecule has 0 amide bonds. The van der Waals surface area contributed by atoms with E-state index in [2.05, 4.69) is 9.97 Å². The lowest BCUT2D eigenvalue weighted by molar-refractivity contribution is 0.377. The molecule has 0 spiro atoms. The SMILES string of the molecule is COc1nc(N)nc(OC)c1N.Cl. The van der Waals surface area contributed by atoms with Gasteiger partial charge in [-0.15, -0.1) is 12.4 Å². The molecule has 4 N–H and O–H groups in total. The highest BCUT2D eigenvalue weighted by molar-refractivity contribution is 5.85. The van der Waals surface area contributed by atoms with E-state index in [0.717, 1.165) is 0 Å². The summed E-state index contributed by atoms with van der Waals surface area (Å²) < 4.78 is 9.66. The van der Waals surface area contributed by atoms with Gasteiger partial charge in [0.15, 0.2) is 5.69 Å². The van der Waals surface area contributed by atoms with E-state index < -0.39 is 0 Å². The van der Waals surface area contributed by atoms with Gasteiger partial charge in [0, 0.05) is 0 Å². The van der Waals surface area contributed by atoms with Crippen molar-refractivity contribution >= 4 is 24.0 Å². The molecule has 0 unspecified atom stereocenters. The van der Waals surface area contributed by atoms with Gasteiger partial charge in [0.1, 0.15) is 0 Å². The molecule has 1 aromatic rings. The maximum absolute atomic E-state index is 5.54. The van der Waals surface area contributed by atoms with Crippen LogP contribution in [0.2, 0.25) is 0 Å². The summed E-state index contributed by atoms with van der Waals surface area (Å²) >= 11 is 0. The fraction of sp³-hybridized carbons (Fsp3) is 0.333. The van der Waals surface area contributed by atoms with Crippen LogP contribution in [0.15, 0.2) is 0 Å². The average Bonchev–Trinajstić information content (AvgIpc) is 2.08. The van der Waals surface area contributed by atoms with E-state index >= 15 is 0 Å². The zero-order chi connectivity index (χ0) is 9.14. The van der Waals surface area contributed by atoms with Gasteiger partial charge in [-0.2, -0.15) is 9.97 Å². The quantitative estimate of drug-likeness (QED) is 0.712. The number of hydrogen-bond donors (Lipinski definition) is 2. The monoisotopic (exact) mass is 206 g/mol. The molecule has 0 atom stereocenters. The third-order valence-corrected chi connectivity index (χ3v) is 1.28. The van der Waals surface area contributed by atoms with Crippen molar-refractivity contribution in [2.45, 2.75) is 0 Å². The molecule has 0 aliphatic heterocycles. The fourth-order valence-electron chi connectivity index (χ4n) is 0.756. The average molecular weight is 207 g/mol. The summed E-state index contributed by atoms with van der Waals surface area (Å²) in [5.41, 5.74) is 11.1. The van der Waals surface area contributed by atoms with Gasteiger partial charge in [0.25, 0.3) is 0 Å². The van der Waals surface area contributed by atoms with Gasteiger partial charge >= 0.3 is 0 Å². The number of ether oxygens (including phenoxy) is 2. The zero-order valence-corrected chi connectivity index (χ0v) is 8.09. The molecule has 1 rings (SSSR count). The molecular formula is C6H11ClN4O2. The second-order valence-electron chi connectivity index (χ2n) is 2.01. The van der Waals surface area contributed by atoms with Gasteiger partial charge in [-0.1, -0.05) is 0 Å². The summed E-state index contributed by atoms with van der Waals surface area (Å²) in [5.74, 6) is 0.511. The molecule has 1 aromatic heterocycles. The van der Waals surface area contributed by atoms with Gasteiger partial charge < -0.3 is 20.9 Å². The number of nitrogen functional groups attached to an aromatic ring is 2. The predicted octanol–water partition coefficient (Wildman–Crippen LogP) is 0.0800. The third kappa shape index (κ3) is 2.25. The van der Waals surface area contributed by atoms with Crippen molar-refractivity contribution in [3.63, 3.8) is 0 Å². The summed E-state index contributed by atoms with van der Waals surface area (Å²) in [7, 11) is 2.88. The van der Waals surface area contributed by atoms with E-state index in [0.29, 0.717) is 0 Å². The fourth-order valence-corrected chi connectivity index (χ4v) is 0.756. The van der Waals surface area contributed by atoms with Gasteiger partial charge in [0.05, 0.1) is 14.2 Å². The molecule has 0 aromatic carbocycles. The Balaban J connectivity index is 0.00000144. The van der Waals surface area contributed by atoms with E-state index in [1.807, 2.05) is 0 Å². The van der Waals surface area contributed by atoms with E-state index in [9.17, 15) is 0 Å². The molecule has 0 saturated carbocycles. The van der Waals surface area contributed by atoms with Gasteiger partial charge in [-0.3, -0.25) is 0 Å². The molecular weight excluding hydrogens is 196 g/mol. The van der Waals surface area contributed by atoms with Crippen molar-refractivity contribution in [2.75, 3.05) is 25.7 Å². The molecule has 0 fully saturated rings. The molecule has 74 valence electrons. The lowest BCUT2D eigenvalue weighted by atomic mass is 10.5. The number of nitrogens with two attached hydrogens (primary N) is 2. The van der Waals surface area contributed by atoms with E-state index in [4.69, 9.17) is 20.9 Å². The summed E-state index contributed by atoms with van der Waals surface area (Å²) in [6.45, 7) is 0. The Labute approximate surface area is 81.7 Å². The van der Waals surface area contributed by atoms with Crippen LogP contribution < -0.4 is 20.9 Å². The van der Waals surface area contributed by atoms with Gasteiger partial charge in [-0.05, 0) is 0 Å². The minimum Gasteiger partial charge on any atom is -0.479 e. The van der Waals surface area contributed by atoms with Crippen LogP contribution in [0.3, 0.4) is 0 Å². The smallest absolute Gasteiger partial charge is 0.245 e. The van der Waals surface area contributed by atoms with Crippen molar-refractivity contribution in [3.05, 3.63) is 0 Å². The number of halogens is 1. The van der Waals surface area contributed by atoms with E-state index in [1.165, 1.54) is 14.2 Å². The molecule has 7 heteroatoms. The molecule has 13 heavy (non-hydrogen) atoms. The predicted molar refractivity (Wildman–Crippen MR) is 51.2 cm³/mol. The first-order valence-electron chi connectivity index (χ1n) is 3.20. The molecule has 0 aliphatic carbocycles. The molecule has 0 saturated heterocycles. The largest absolute Gasteiger partial charge is 0.479 e. The number of nitrogens with zero attached hydrogens (tertiary/aromatic N) is 2. The van der Waals surface area contributed by atoms with Crippen molar-refractivity contribution in [3.8, 4) is 11.8 Å². The molecule has 6 nitrogen and oxygen atoms in total. The number of methoxy groups -OCH3 is 2. The van der Waals surface area contributed by atoms with Crippen LogP contribution in [0.4, 0.5) is 11.6 Å². The second kappa shape index (κ2) is 4.56. The standard InChI is InChI=1S/C6H10N4O2.ClH/c1-11-4-3(7)5(12-2)10-6(8)9-4;/h7H2,1-2H3,(H2,8,9,10);1H. The second-order valence-corrected chi connectivity index (χ2v) is 2.01. The summed E-state index contributed by atoms with van der Waals surface area (Å²) in [4.78, 5) is 7.48. The van der Waals surface area contributed by atoms with E-state index in [1.54, 1.807) is 0 Å². The Hall–Kier alpha value is -1.43. The first-order valence-corrected chi connectivity index (χ1v) is 3.20. The van der Waals surface area contributed by atoms with Crippen LogP contribution in [-0.2, 0) is 0 Å². The molecule has 0 bridgehead atoms. The number of hydrogen-bond acceptors (Lipinski definition) is 6. The van der Waals surface area contributed by atoms with Crippen LogP contribution in [0.1, 0.15) is 0 Å². The van der Waals surface area contributed by atoms with Gasteiger partial charge in [-0.25, -0.2) is 0 Å². The molecule has 0 aliphatic rings. The highest BCUT2D eigenvalue weighted by Gasteiger charge is 2.10. The minimum atomic E-state index is 0. The lowest BCUT2D eigenvalue weighted by Gasteiger charge is -2.07. The third-order valence-electron chi connectivity index (χ3n) is 1.28. The normalized spacial score (nSPS) is 8.77. The zero-order valence-electron chi connectivity index (χ0n) is 7.27. The van der Waals surface area contributed by atoms with Crippen LogP contribution in [0, 0.1) is 0 Å². The minimum absolute atomic E-state index is 0. The molecule has 1 heterocycles. The van der Waals surface area contributed by atoms with Gasteiger partial charge in [0.2, 0.25) is 17.7 Å². The highest BCUT2D eigenvalue weighted by atomic mass is 35.5. The maximum Gasteiger partial charge on any atom is 0.245 e. The van der Waals surface area contributed by atoms with E-state index in [-0.39, 0.29) is 35.8 Å².